The third-order valence-corrected chi connectivity index (χ3v) is 4.21. The van der Waals surface area contributed by atoms with Gasteiger partial charge in [0.15, 0.2) is 0 Å². The van der Waals surface area contributed by atoms with E-state index < -0.39 is 0 Å². The molecule has 1 aliphatic carbocycles. The second-order valence-corrected chi connectivity index (χ2v) is 5.75. The maximum Gasteiger partial charge on any atom is 0.285 e. The summed E-state index contributed by atoms with van der Waals surface area (Å²) in [7, 11) is 0. The van der Waals surface area contributed by atoms with E-state index in [0.717, 1.165) is 25.1 Å². The maximum atomic E-state index is 11.5. The quantitative estimate of drug-likeness (QED) is 0.937. The highest BCUT2D eigenvalue weighted by molar-refractivity contribution is 7.09. The van der Waals surface area contributed by atoms with Crippen molar-refractivity contribution in [2.75, 3.05) is 4.90 Å². The summed E-state index contributed by atoms with van der Waals surface area (Å²) in [5, 5.41) is 8.48. The number of aromatic amines is 1. The number of anilines is 1. The molecular weight excluding hydrogens is 270 g/mol. The summed E-state index contributed by atoms with van der Waals surface area (Å²) >= 11 is 7.79. The zero-order valence-electron chi connectivity index (χ0n) is 9.60. The highest BCUT2D eigenvalue weighted by Gasteiger charge is 2.31. The molecule has 0 spiro atoms. The van der Waals surface area contributed by atoms with Crippen LogP contribution in [0.4, 0.5) is 5.69 Å². The molecule has 2 aromatic rings. The average molecular weight is 282 g/mol. The van der Waals surface area contributed by atoms with Crippen molar-refractivity contribution in [2.24, 2.45) is 0 Å². The molecule has 0 atom stereocenters. The molecule has 0 aromatic carbocycles. The van der Waals surface area contributed by atoms with Crippen LogP contribution in [0.2, 0.25) is 5.02 Å². The molecule has 0 radical (unpaired) electrons. The highest BCUT2D eigenvalue weighted by Crippen LogP contribution is 2.35. The fraction of sp³-hybridized carbons (Fsp3) is 0.333. The van der Waals surface area contributed by atoms with Crippen LogP contribution >= 0.6 is 22.9 Å². The van der Waals surface area contributed by atoms with Crippen LogP contribution in [0.5, 0.6) is 0 Å². The van der Waals surface area contributed by atoms with E-state index in [0.29, 0.717) is 6.04 Å². The summed E-state index contributed by atoms with van der Waals surface area (Å²) in [6.45, 7) is 0.785. The Morgan fingerprint density at radius 2 is 2.39 bits per heavy atom. The molecule has 1 aliphatic rings. The van der Waals surface area contributed by atoms with Gasteiger partial charge in [-0.25, -0.2) is 5.10 Å². The van der Waals surface area contributed by atoms with Crippen LogP contribution in [0.25, 0.3) is 0 Å². The van der Waals surface area contributed by atoms with E-state index in [1.807, 2.05) is 6.07 Å². The molecule has 0 bridgehead atoms. The molecule has 2 heterocycles. The number of aromatic nitrogens is 2. The lowest BCUT2D eigenvalue weighted by Gasteiger charge is -2.24. The molecule has 2 aromatic heterocycles. The molecule has 94 valence electrons. The minimum absolute atomic E-state index is 0.230. The topological polar surface area (TPSA) is 49.0 Å². The van der Waals surface area contributed by atoms with E-state index >= 15 is 0 Å². The Labute approximate surface area is 113 Å². The van der Waals surface area contributed by atoms with E-state index in [-0.39, 0.29) is 10.6 Å². The van der Waals surface area contributed by atoms with Crippen LogP contribution in [0.3, 0.4) is 0 Å². The van der Waals surface area contributed by atoms with Crippen LogP contribution < -0.4 is 10.5 Å². The van der Waals surface area contributed by atoms with Gasteiger partial charge in [-0.2, -0.15) is 5.10 Å². The van der Waals surface area contributed by atoms with Gasteiger partial charge >= 0.3 is 0 Å². The van der Waals surface area contributed by atoms with Gasteiger partial charge in [-0.05, 0) is 24.3 Å². The van der Waals surface area contributed by atoms with Crippen LogP contribution in [0.1, 0.15) is 17.7 Å². The summed E-state index contributed by atoms with van der Waals surface area (Å²) in [5.74, 6) is 0. The van der Waals surface area contributed by atoms with Gasteiger partial charge in [0.25, 0.3) is 5.56 Å². The summed E-state index contributed by atoms with van der Waals surface area (Å²) in [4.78, 5) is 15.0. The Morgan fingerprint density at radius 3 is 3.06 bits per heavy atom. The van der Waals surface area contributed by atoms with Crippen LogP contribution in [0, 0.1) is 0 Å². The third kappa shape index (κ3) is 2.28. The van der Waals surface area contributed by atoms with E-state index in [1.54, 1.807) is 17.5 Å². The lowest BCUT2D eigenvalue weighted by atomic mass is 10.3. The van der Waals surface area contributed by atoms with Crippen LogP contribution in [-0.4, -0.2) is 16.2 Å². The standard InChI is InChI=1S/C12H12ClN3OS/c13-11-10(6-14-15-12(11)17)16(8-3-4-8)7-9-2-1-5-18-9/h1-2,5-6,8H,3-4,7H2,(H,15,17). The lowest BCUT2D eigenvalue weighted by Crippen LogP contribution is -2.27. The smallest absolute Gasteiger partial charge is 0.285 e. The SMILES string of the molecule is O=c1[nH]ncc(N(Cc2cccs2)C2CC2)c1Cl. The molecule has 0 amide bonds. The number of hydrogen-bond donors (Lipinski definition) is 1. The Bertz CT molecular complexity index is 592. The molecule has 4 nitrogen and oxygen atoms in total. The first kappa shape index (κ1) is 11.7. The second-order valence-electron chi connectivity index (χ2n) is 4.34. The van der Waals surface area contributed by atoms with Crippen molar-refractivity contribution in [1.29, 1.82) is 0 Å². The summed E-state index contributed by atoms with van der Waals surface area (Å²) in [6.07, 6.45) is 3.93. The van der Waals surface area contributed by atoms with Gasteiger partial charge in [0.05, 0.1) is 18.4 Å². The monoisotopic (exact) mass is 281 g/mol. The fourth-order valence-corrected chi connectivity index (χ4v) is 2.84. The van der Waals surface area contributed by atoms with Crippen molar-refractivity contribution in [1.82, 2.24) is 10.2 Å². The van der Waals surface area contributed by atoms with Gasteiger partial charge in [-0.1, -0.05) is 17.7 Å². The van der Waals surface area contributed by atoms with Crippen molar-refractivity contribution >= 4 is 28.6 Å². The number of hydrogen-bond acceptors (Lipinski definition) is 4. The van der Waals surface area contributed by atoms with Crippen molar-refractivity contribution in [3.05, 3.63) is 44.0 Å². The molecule has 1 fully saturated rings. The first-order valence-electron chi connectivity index (χ1n) is 5.78. The number of nitrogens with zero attached hydrogens (tertiary/aromatic N) is 2. The average Bonchev–Trinajstić information content (AvgIpc) is 3.08. The Balaban J connectivity index is 1.94. The van der Waals surface area contributed by atoms with Gasteiger partial charge in [0.1, 0.15) is 5.02 Å². The van der Waals surface area contributed by atoms with E-state index in [4.69, 9.17) is 11.6 Å². The zero-order valence-corrected chi connectivity index (χ0v) is 11.2. The van der Waals surface area contributed by atoms with Crippen molar-refractivity contribution in [3.8, 4) is 0 Å². The summed E-state index contributed by atoms with van der Waals surface area (Å²) in [6, 6.07) is 4.60. The summed E-state index contributed by atoms with van der Waals surface area (Å²) < 4.78 is 0. The molecule has 0 saturated heterocycles. The summed E-state index contributed by atoms with van der Waals surface area (Å²) in [5.41, 5.74) is 0.405. The van der Waals surface area contributed by atoms with Gasteiger partial charge in [-0.3, -0.25) is 4.79 Å². The fourth-order valence-electron chi connectivity index (χ4n) is 1.94. The van der Waals surface area contributed by atoms with Gasteiger partial charge in [0, 0.05) is 10.9 Å². The van der Waals surface area contributed by atoms with Crippen molar-refractivity contribution < 1.29 is 0 Å². The van der Waals surface area contributed by atoms with Crippen molar-refractivity contribution in [2.45, 2.75) is 25.4 Å². The predicted octanol–water partition coefficient (Wildman–Crippen LogP) is 2.65. The zero-order chi connectivity index (χ0) is 12.5. The van der Waals surface area contributed by atoms with E-state index in [1.165, 1.54) is 4.88 Å². The number of rotatable bonds is 4. The Hall–Kier alpha value is -1.33. The second kappa shape index (κ2) is 4.74. The van der Waals surface area contributed by atoms with Gasteiger partial charge < -0.3 is 4.90 Å². The molecular formula is C12H12ClN3OS. The minimum Gasteiger partial charge on any atom is -0.361 e. The largest absolute Gasteiger partial charge is 0.361 e. The highest BCUT2D eigenvalue weighted by atomic mass is 35.5. The maximum absolute atomic E-state index is 11.5. The first-order valence-corrected chi connectivity index (χ1v) is 7.03. The molecule has 0 aliphatic heterocycles. The molecule has 0 unspecified atom stereocenters. The predicted molar refractivity (Wildman–Crippen MR) is 73.4 cm³/mol. The van der Waals surface area contributed by atoms with E-state index in [9.17, 15) is 4.79 Å². The molecule has 18 heavy (non-hydrogen) atoms. The lowest BCUT2D eigenvalue weighted by molar-refractivity contribution is 0.793. The third-order valence-electron chi connectivity index (χ3n) is 2.98. The molecule has 1 N–H and O–H groups in total. The molecule has 1 saturated carbocycles. The van der Waals surface area contributed by atoms with Gasteiger partial charge in [0.2, 0.25) is 0 Å². The van der Waals surface area contributed by atoms with Gasteiger partial charge in [-0.15, -0.1) is 11.3 Å². The number of halogens is 1. The minimum atomic E-state index is -0.328. The van der Waals surface area contributed by atoms with Crippen LogP contribution in [-0.2, 0) is 6.54 Å². The molecule has 3 rings (SSSR count). The van der Waals surface area contributed by atoms with E-state index in [2.05, 4.69) is 26.5 Å². The molecule has 6 heteroatoms. The normalized spacial score (nSPS) is 14.7. The number of nitrogens with one attached hydrogen (secondary N) is 1. The first-order chi connectivity index (χ1) is 8.75. The number of thiophene rings is 1. The van der Waals surface area contributed by atoms with Crippen LogP contribution in [0.15, 0.2) is 28.5 Å². The van der Waals surface area contributed by atoms with Crippen molar-refractivity contribution in [3.63, 3.8) is 0 Å². The Kier molecular flexibility index (Phi) is 3.09. The Morgan fingerprint density at radius 1 is 1.56 bits per heavy atom. The number of H-pyrrole nitrogens is 1.